The number of aromatic amines is 1. The molecular weight excluding hydrogens is 300 g/mol. The molecule has 3 rings (SSSR count). The number of hydrogen-bond acceptors (Lipinski definition) is 2. The molecule has 0 aliphatic heterocycles. The summed E-state index contributed by atoms with van der Waals surface area (Å²) in [5.41, 5.74) is 4.30. The van der Waals surface area contributed by atoms with Gasteiger partial charge in [0, 0.05) is 30.6 Å². The molecule has 3 aromatic rings. The van der Waals surface area contributed by atoms with Crippen molar-refractivity contribution in [2.24, 2.45) is 0 Å². The summed E-state index contributed by atoms with van der Waals surface area (Å²) in [6, 6.07) is 14.9. The summed E-state index contributed by atoms with van der Waals surface area (Å²) in [6.45, 7) is 4.60. The van der Waals surface area contributed by atoms with Crippen LogP contribution in [0.2, 0.25) is 0 Å². The monoisotopic (exact) mass is 320 g/mol. The van der Waals surface area contributed by atoms with Crippen LogP contribution >= 0.6 is 0 Å². The molecule has 122 valence electrons. The van der Waals surface area contributed by atoms with Crippen molar-refractivity contribution in [2.75, 3.05) is 7.05 Å². The highest BCUT2D eigenvalue weighted by Gasteiger charge is 2.16. The predicted molar refractivity (Wildman–Crippen MR) is 96.3 cm³/mol. The van der Waals surface area contributed by atoms with Gasteiger partial charge >= 0.3 is 0 Å². The van der Waals surface area contributed by atoms with Crippen molar-refractivity contribution in [3.8, 4) is 0 Å². The van der Waals surface area contributed by atoms with Crippen LogP contribution in [0, 0.1) is 13.8 Å². The maximum Gasteiger partial charge on any atom is 0.254 e. The van der Waals surface area contributed by atoms with Crippen molar-refractivity contribution >= 4 is 16.8 Å². The zero-order valence-corrected chi connectivity index (χ0v) is 14.1. The van der Waals surface area contributed by atoms with E-state index in [9.17, 15) is 9.59 Å². The largest absolute Gasteiger partial charge is 0.337 e. The van der Waals surface area contributed by atoms with E-state index in [0.29, 0.717) is 17.6 Å². The molecule has 0 saturated heterocycles. The number of H-pyrrole nitrogens is 1. The van der Waals surface area contributed by atoms with Crippen LogP contribution in [0.4, 0.5) is 0 Å². The molecular formula is C20H20N2O2. The Morgan fingerprint density at radius 2 is 1.83 bits per heavy atom. The molecule has 0 saturated carbocycles. The fourth-order valence-corrected chi connectivity index (χ4v) is 2.94. The van der Waals surface area contributed by atoms with Gasteiger partial charge < -0.3 is 9.88 Å². The molecule has 0 bridgehead atoms. The summed E-state index contributed by atoms with van der Waals surface area (Å²) in [7, 11) is 1.76. The summed E-state index contributed by atoms with van der Waals surface area (Å²) in [6.07, 6.45) is 0. The summed E-state index contributed by atoms with van der Waals surface area (Å²) in [4.78, 5) is 29.1. The molecule has 0 unspecified atom stereocenters. The fraction of sp³-hybridized carbons (Fsp3) is 0.200. The number of benzene rings is 2. The summed E-state index contributed by atoms with van der Waals surface area (Å²) in [5, 5.41) is 0.759. The maximum absolute atomic E-state index is 12.9. The Labute approximate surface area is 140 Å². The number of aromatic nitrogens is 1. The third kappa shape index (κ3) is 3.08. The SMILES string of the molecule is Cc1ccc(CN(C)C(=O)c2cc(=O)[nH]c3ccccc23)c(C)c1. The molecule has 1 amide bonds. The van der Waals surface area contributed by atoms with Crippen LogP contribution in [0.1, 0.15) is 27.0 Å². The maximum atomic E-state index is 12.9. The Balaban J connectivity index is 1.95. The van der Waals surface area contributed by atoms with Crippen molar-refractivity contribution in [1.82, 2.24) is 9.88 Å². The van der Waals surface area contributed by atoms with Crippen molar-refractivity contribution in [2.45, 2.75) is 20.4 Å². The molecule has 0 aliphatic carbocycles. The normalized spacial score (nSPS) is 10.8. The Kier molecular flexibility index (Phi) is 4.21. The van der Waals surface area contributed by atoms with E-state index >= 15 is 0 Å². The summed E-state index contributed by atoms with van der Waals surface area (Å²) >= 11 is 0. The highest BCUT2D eigenvalue weighted by atomic mass is 16.2. The molecule has 0 radical (unpaired) electrons. The Morgan fingerprint density at radius 1 is 1.08 bits per heavy atom. The number of carbonyl (C=O) groups excluding carboxylic acids is 1. The highest BCUT2D eigenvalue weighted by molar-refractivity contribution is 6.05. The number of carbonyl (C=O) groups is 1. The molecule has 1 aromatic heterocycles. The molecule has 4 heteroatoms. The van der Waals surface area contributed by atoms with E-state index in [1.165, 1.54) is 11.6 Å². The Hall–Kier alpha value is -2.88. The first-order chi connectivity index (χ1) is 11.5. The lowest BCUT2D eigenvalue weighted by molar-refractivity contribution is 0.0786. The van der Waals surface area contributed by atoms with Crippen molar-refractivity contribution < 1.29 is 4.79 Å². The molecule has 1 N–H and O–H groups in total. The fourth-order valence-electron chi connectivity index (χ4n) is 2.94. The quantitative estimate of drug-likeness (QED) is 0.804. The van der Waals surface area contributed by atoms with E-state index in [1.807, 2.05) is 44.2 Å². The van der Waals surface area contributed by atoms with E-state index in [-0.39, 0.29) is 11.5 Å². The van der Waals surface area contributed by atoms with Crippen LogP contribution in [0.5, 0.6) is 0 Å². The van der Waals surface area contributed by atoms with Gasteiger partial charge in [-0.2, -0.15) is 0 Å². The van der Waals surface area contributed by atoms with Crippen molar-refractivity contribution in [3.63, 3.8) is 0 Å². The highest BCUT2D eigenvalue weighted by Crippen LogP contribution is 2.18. The lowest BCUT2D eigenvalue weighted by atomic mass is 10.0. The number of para-hydroxylation sites is 1. The zero-order chi connectivity index (χ0) is 17.3. The van der Waals surface area contributed by atoms with Gasteiger partial charge in [-0.1, -0.05) is 42.0 Å². The lowest BCUT2D eigenvalue weighted by Crippen LogP contribution is -2.28. The third-order valence-electron chi connectivity index (χ3n) is 4.23. The van der Waals surface area contributed by atoms with Crippen LogP contribution in [0.3, 0.4) is 0 Å². The van der Waals surface area contributed by atoms with Gasteiger partial charge in [0.15, 0.2) is 0 Å². The van der Waals surface area contributed by atoms with Crippen molar-refractivity contribution in [3.05, 3.63) is 81.1 Å². The molecule has 0 atom stereocenters. The number of nitrogens with one attached hydrogen (secondary N) is 1. The summed E-state index contributed by atoms with van der Waals surface area (Å²) in [5.74, 6) is -0.155. The minimum atomic E-state index is -0.267. The van der Waals surface area contributed by atoms with E-state index in [4.69, 9.17) is 0 Å². The first-order valence-corrected chi connectivity index (χ1v) is 7.89. The van der Waals surface area contributed by atoms with E-state index in [0.717, 1.165) is 16.5 Å². The van der Waals surface area contributed by atoms with Gasteiger partial charge in [-0.25, -0.2) is 0 Å². The van der Waals surface area contributed by atoms with Gasteiger partial charge in [-0.15, -0.1) is 0 Å². The molecule has 24 heavy (non-hydrogen) atoms. The molecule has 0 fully saturated rings. The van der Waals surface area contributed by atoms with Gasteiger partial charge in [-0.05, 0) is 31.0 Å². The van der Waals surface area contributed by atoms with Gasteiger partial charge in [0.25, 0.3) is 5.91 Å². The number of amides is 1. The van der Waals surface area contributed by atoms with Gasteiger partial charge in [0.1, 0.15) is 0 Å². The zero-order valence-electron chi connectivity index (χ0n) is 14.1. The minimum Gasteiger partial charge on any atom is -0.337 e. The Morgan fingerprint density at radius 3 is 2.58 bits per heavy atom. The predicted octanol–water partition coefficient (Wildman–Crippen LogP) is 3.42. The van der Waals surface area contributed by atoms with Crippen LogP contribution in [-0.2, 0) is 6.54 Å². The van der Waals surface area contributed by atoms with Crippen LogP contribution in [-0.4, -0.2) is 22.8 Å². The number of aryl methyl sites for hydroxylation is 2. The van der Waals surface area contributed by atoms with E-state index in [1.54, 1.807) is 18.0 Å². The van der Waals surface area contributed by atoms with Gasteiger partial charge in [0.2, 0.25) is 5.56 Å². The van der Waals surface area contributed by atoms with Crippen LogP contribution < -0.4 is 5.56 Å². The van der Waals surface area contributed by atoms with Crippen LogP contribution in [0.25, 0.3) is 10.9 Å². The Bertz CT molecular complexity index is 973. The average molecular weight is 320 g/mol. The second-order valence-corrected chi connectivity index (χ2v) is 6.18. The summed E-state index contributed by atoms with van der Waals surface area (Å²) < 4.78 is 0. The second kappa shape index (κ2) is 6.32. The van der Waals surface area contributed by atoms with Crippen molar-refractivity contribution in [1.29, 1.82) is 0 Å². The van der Waals surface area contributed by atoms with Crippen LogP contribution in [0.15, 0.2) is 53.3 Å². The standard InChI is InChI=1S/C20H20N2O2/c1-13-8-9-15(14(2)10-13)12-22(3)20(24)17-11-19(23)21-18-7-5-4-6-16(17)18/h4-11H,12H2,1-3H3,(H,21,23). The number of rotatable bonds is 3. The second-order valence-electron chi connectivity index (χ2n) is 6.18. The minimum absolute atomic E-state index is 0.155. The van der Waals surface area contributed by atoms with E-state index < -0.39 is 0 Å². The molecule has 0 aliphatic rings. The lowest BCUT2D eigenvalue weighted by Gasteiger charge is -2.19. The van der Waals surface area contributed by atoms with E-state index in [2.05, 4.69) is 11.1 Å². The third-order valence-corrected chi connectivity index (χ3v) is 4.23. The first-order valence-electron chi connectivity index (χ1n) is 7.89. The first kappa shape index (κ1) is 16.0. The number of nitrogens with zero attached hydrogens (tertiary/aromatic N) is 1. The molecule has 4 nitrogen and oxygen atoms in total. The topological polar surface area (TPSA) is 53.2 Å². The number of pyridine rings is 1. The molecule has 0 spiro atoms. The average Bonchev–Trinajstić information content (AvgIpc) is 2.55. The van der Waals surface area contributed by atoms with Gasteiger partial charge in [0.05, 0.1) is 5.56 Å². The van der Waals surface area contributed by atoms with Gasteiger partial charge in [-0.3, -0.25) is 9.59 Å². The molecule has 2 aromatic carbocycles. The molecule has 1 heterocycles. The number of hydrogen-bond donors (Lipinski definition) is 1. The number of fused-ring (bicyclic) bond motifs is 1. The smallest absolute Gasteiger partial charge is 0.254 e.